The summed E-state index contributed by atoms with van der Waals surface area (Å²) in [6.45, 7) is 2.91. The molecule has 0 fully saturated rings. The molecule has 0 saturated heterocycles. The van der Waals surface area contributed by atoms with Crippen LogP contribution in [-0.4, -0.2) is 20.9 Å². The van der Waals surface area contributed by atoms with Crippen LogP contribution in [0, 0.1) is 11.2 Å². The van der Waals surface area contributed by atoms with E-state index in [2.05, 4.69) is 20.7 Å². The van der Waals surface area contributed by atoms with Crippen molar-refractivity contribution in [2.24, 2.45) is 11.1 Å². The van der Waals surface area contributed by atoms with E-state index in [1.807, 2.05) is 0 Å². The summed E-state index contributed by atoms with van der Waals surface area (Å²) in [5, 5.41) is 0. The van der Waals surface area contributed by atoms with Crippen LogP contribution in [0.2, 0.25) is 0 Å². The third-order valence-corrected chi connectivity index (χ3v) is 4.93. The van der Waals surface area contributed by atoms with Gasteiger partial charge in [-0.15, -0.1) is 0 Å². The molecule has 0 aliphatic rings. The van der Waals surface area contributed by atoms with Gasteiger partial charge >= 0.3 is 0 Å². The Kier molecular flexibility index (Phi) is 4.70. The Morgan fingerprint density at radius 2 is 2.05 bits per heavy atom. The highest BCUT2D eigenvalue weighted by molar-refractivity contribution is 9.10. The average molecular weight is 353 g/mol. The van der Waals surface area contributed by atoms with Gasteiger partial charge in [0.1, 0.15) is 5.82 Å². The second kappa shape index (κ2) is 5.56. The van der Waals surface area contributed by atoms with Gasteiger partial charge in [-0.05, 0) is 48.0 Å². The molecule has 0 bridgehead atoms. The fourth-order valence-electron chi connectivity index (χ4n) is 1.13. The summed E-state index contributed by atoms with van der Waals surface area (Å²) in [7, 11) is -3.85. The molecule has 0 aromatic heterocycles. The first-order valence-corrected chi connectivity index (χ1v) is 7.58. The summed E-state index contributed by atoms with van der Waals surface area (Å²) in [5.74, 6) is -1.17. The van der Waals surface area contributed by atoms with E-state index in [4.69, 9.17) is 5.73 Å². The van der Waals surface area contributed by atoms with Gasteiger partial charge in [-0.3, -0.25) is 4.79 Å². The molecule has 1 rings (SSSR count). The minimum absolute atomic E-state index is 0.103. The fraction of sp³-hybridized carbons (Fsp3) is 0.364. The van der Waals surface area contributed by atoms with Crippen molar-refractivity contribution in [1.82, 2.24) is 4.72 Å². The van der Waals surface area contributed by atoms with E-state index in [0.29, 0.717) is 0 Å². The molecule has 0 spiro atoms. The Labute approximate surface area is 119 Å². The van der Waals surface area contributed by atoms with E-state index in [0.717, 1.165) is 18.2 Å². The summed E-state index contributed by atoms with van der Waals surface area (Å²) in [6.07, 6.45) is 0. The lowest BCUT2D eigenvalue weighted by Crippen LogP contribution is -2.42. The van der Waals surface area contributed by atoms with Crippen molar-refractivity contribution < 1.29 is 17.6 Å². The maximum absolute atomic E-state index is 12.9. The van der Waals surface area contributed by atoms with Gasteiger partial charge in [0.05, 0.1) is 10.3 Å². The number of benzene rings is 1. The van der Waals surface area contributed by atoms with Crippen molar-refractivity contribution in [3.8, 4) is 0 Å². The van der Waals surface area contributed by atoms with Gasteiger partial charge in [0, 0.05) is 11.0 Å². The van der Waals surface area contributed by atoms with Crippen molar-refractivity contribution in [2.45, 2.75) is 18.7 Å². The zero-order valence-corrected chi connectivity index (χ0v) is 12.8. The van der Waals surface area contributed by atoms with Crippen LogP contribution in [0.3, 0.4) is 0 Å². The Morgan fingerprint density at radius 1 is 1.47 bits per heavy atom. The van der Waals surface area contributed by atoms with E-state index < -0.39 is 27.2 Å². The van der Waals surface area contributed by atoms with Gasteiger partial charge in [0.15, 0.2) is 0 Å². The van der Waals surface area contributed by atoms with Crippen LogP contribution in [-0.2, 0) is 14.8 Å². The lowest BCUT2D eigenvalue weighted by Gasteiger charge is -2.20. The zero-order chi connectivity index (χ0) is 14.8. The molecule has 106 valence electrons. The number of nitrogens with one attached hydrogen (secondary N) is 1. The summed E-state index contributed by atoms with van der Waals surface area (Å²) in [6, 6.07) is 3.23. The number of primary amides is 1. The highest BCUT2D eigenvalue weighted by Gasteiger charge is 2.28. The minimum Gasteiger partial charge on any atom is -0.369 e. The Morgan fingerprint density at radius 3 is 2.53 bits per heavy atom. The molecule has 0 aliphatic heterocycles. The Bertz CT molecular complexity index is 602. The number of hydrogen-bond acceptors (Lipinski definition) is 3. The molecule has 19 heavy (non-hydrogen) atoms. The van der Waals surface area contributed by atoms with Gasteiger partial charge in [0.2, 0.25) is 15.9 Å². The smallest absolute Gasteiger partial charge is 0.241 e. The molecule has 0 saturated carbocycles. The van der Waals surface area contributed by atoms with E-state index in [9.17, 15) is 17.6 Å². The van der Waals surface area contributed by atoms with E-state index >= 15 is 0 Å². The maximum Gasteiger partial charge on any atom is 0.241 e. The van der Waals surface area contributed by atoms with E-state index in [1.165, 1.54) is 13.8 Å². The number of carbonyl (C=O) groups is 1. The number of halogens is 2. The van der Waals surface area contributed by atoms with Gasteiger partial charge < -0.3 is 5.73 Å². The topological polar surface area (TPSA) is 89.3 Å². The van der Waals surface area contributed by atoms with Crippen LogP contribution in [0.4, 0.5) is 4.39 Å². The van der Waals surface area contributed by atoms with Crippen molar-refractivity contribution in [3.05, 3.63) is 28.5 Å². The van der Waals surface area contributed by atoms with Crippen molar-refractivity contribution >= 4 is 31.9 Å². The number of sulfonamides is 1. The summed E-state index contributed by atoms with van der Waals surface area (Å²) in [5.41, 5.74) is 4.14. The average Bonchev–Trinajstić information content (AvgIpc) is 2.26. The van der Waals surface area contributed by atoms with Gasteiger partial charge in [-0.25, -0.2) is 17.5 Å². The molecular weight excluding hydrogens is 339 g/mol. The summed E-state index contributed by atoms with van der Waals surface area (Å²) < 4.78 is 39.3. The van der Waals surface area contributed by atoms with Crippen molar-refractivity contribution in [2.75, 3.05) is 6.54 Å². The number of nitrogens with two attached hydrogens (primary N) is 1. The van der Waals surface area contributed by atoms with Crippen LogP contribution >= 0.6 is 15.9 Å². The standard InChI is InChI=1S/C11H14BrFN2O3S/c1-11(2,10(14)16)6-15-19(17,18)9-4-3-7(13)5-8(9)12/h3-5,15H,6H2,1-2H3,(H2,14,16). The van der Waals surface area contributed by atoms with Crippen molar-refractivity contribution in [1.29, 1.82) is 0 Å². The molecule has 1 amide bonds. The van der Waals surface area contributed by atoms with Crippen LogP contribution in [0.25, 0.3) is 0 Å². The normalized spacial score (nSPS) is 12.4. The molecule has 5 nitrogen and oxygen atoms in total. The molecule has 8 heteroatoms. The minimum atomic E-state index is -3.85. The molecule has 0 atom stereocenters. The molecule has 0 heterocycles. The largest absolute Gasteiger partial charge is 0.369 e. The van der Waals surface area contributed by atoms with Crippen LogP contribution in [0.5, 0.6) is 0 Å². The third kappa shape index (κ3) is 3.99. The van der Waals surface area contributed by atoms with Crippen molar-refractivity contribution in [3.63, 3.8) is 0 Å². The molecule has 0 aliphatic carbocycles. The molecule has 0 unspecified atom stereocenters. The Hall–Kier alpha value is -0.990. The molecular formula is C11H14BrFN2O3S. The number of amides is 1. The number of carbonyl (C=O) groups excluding carboxylic acids is 1. The maximum atomic E-state index is 12.9. The second-order valence-corrected chi connectivity index (χ2v) is 7.24. The van der Waals surface area contributed by atoms with Crippen LogP contribution < -0.4 is 10.5 Å². The van der Waals surface area contributed by atoms with Crippen LogP contribution in [0.15, 0.2) is 27.6 Å². The predicted molar refractivity (Wildman–Crippen MR) is 72.3 cm³/mol. The second-order valence-electron chi connectivity index (χ2n) is 4.65. The van der Waals surface area contributed by atoms with E-state index in [1.54, 1.807) is 0 Å². The van der Waals surface area contributed by atoms with E-state index in [-0.39, 0.29) is 15.9 Å². The first-order valence-electron chi connectivity index (χ1n) is 5.31. The molecule has 1 aromatic rings. The SMILES string of the molecule is CC(C)(CNS(=O)(=O)c1ccc(F)cc1Br)C(N)=O. The molecule has 3 N–H and O–H groups in total. The summed E-state index contributed by atoms with van der Waals surface area (Å²) in [4.78, 5) is 11.0. The lowest BCUT2D eigenvalue weighted by atomic mass is 9.93. The van der Waals surface area contributed by atoms with Crippen LogP contribution in [0.1, 0.15) is 13.8 Å². The third-order valence-electron chi connectivity index (χ3n) is 2.55. The number of hydrogen-bond donors (Lipinski definition) is 2. The summed E-state index contributed by atoms with van der Waals surface area (Å²) >= 11 is 2.98. The van der Waals surface area contributed by atoms with Gasteiger partial charge in [-0.2, -0.15) is 0 Å². The highest BCUT2D eigenvalue weighted by Crippen LogP contribution is 2.23. The highest BCUT2D eigenvalue weighted by atomic mass is 79.9. The molecule has 0 radical (unpaired) electrons. The fourth-order valence-corrected chi connectivity index (χ4v) is 3.39. The van der Waals surface area contributed by atoms with Gasteiger partial charge in [-0.1, -0.05) is 0 Å². The quantitative estimate of drug-likeness (QED) is 0.838. The Balaban J connectivity index is 2.97. The predicted octanol–water partition coefficient (Wildman–Crippen LogP) is 1.38. The monoisotopic (exact) mass is 352 g/mol. The van der Waals surface area contributed by atoms with Gasteiger partial charge in [0.25, 0.3) is 0 Å². The molecule has 1 aromatic carbocycles. The lowest BCUT2D eigenvalue weighted by molar-refractivity contribution is -0.125. The zero-order valence-electron chi connectivity index (χ0n) is 10.4. The first-order chi connectivity index (χ1) is 8.56. The number of rotatable bonds is 5. The first kappa shape index (κ1) is 16.1.